The minimum atomic E-state index is -0.0917. The average molecular weight is 326 g/mol. The normalized spacial score (nSPS) is 18.9. The van der Waals surface area contributed by atoms with E-state index in [1.807, 2.05) is 24.0 Å². The summed E-state index contributed by atoms with van der Waals surface area (Å²) in [5.74, 6) is 0.606. The number of carbonyl (C=O) groups is 2. The second-order valence-electron chi connectivity index (χ2n) is 6.94. The van der Waals surface area contributed by atoms with E-state index in [9.17, 15) is 9.59 Å². The van der Waals surface area contributed by atoms with Crippen LogP contribution in [0, 0.1) is 5.92 Å². The minimum absolute atomic E-state index is 0.0917. The zero-order valence-electron chi connectivity index (χ0n) is 14.4. The lowest BCUT2D eigenvalue weighted by Crippen LogP contribution is -2.31. The molecule has 128 valence electrons. The van der Waals surface area contributed by atoms with E-state index in [0.29, 0.717) is 11.5 Å². The number of hydrogen-bond donors (Lipinski definition) is 1. The third kappa shape index (κ3) is 4.47. The van der Waals surface area contributed by atoms with Gasteiger partial charge in [0.2, 0.25) is 5.91 Å². The molecular weight excluding hydrogens is 300 g/mol. The number of rotatable bonds is 4. The Balaban J connectivity index is 1.59. The maximum atomic E-state index is 12.5. The zero-order chi connectivity index (χ0) is 16.9. The smallest absolute Gasteiger partial charge is 0.253 e. The Labute approximate surface area is 143 Å². The van der Waals surface area contributed by atoms with E-state index in [2.05, 4.69) is 5.32 Å². The number of nitrogens with zero attached hydrogens (tertiary/aromatic N) is 1. The van der Waals surface area contributed by atoms with Crippen LogP contribution < -0.4 is 5.32 Å². The van der Waals surface area contributed by atoms with Crippen molar-refractivity contribution in [2.24, 2.45) is 5.92 Å². The van der Waals surface area contributed by atoms with Gasteiger partial charge in [-0.3, -0.25) is 9.59 Å². The van der Waals surface area contributed by atoms with Gasteiger partial charge in [-0.1, -0.05) is 18.4 Å². The Morgan fingerprint density at radius 3 is 2.25 bits per heavy atom. The van der Waals surface area contributed by atoms with Crippen LogP contribution in [0.5, 0.6) is 0 Å². The Morgan fingerprint density at radius 2 is 1.67 bits per heavy atom. The van der Waals surface area contributed by atoms with E-state index in [1.165, 1.54) is 25.7 Å². The molecule has 0 radical (unpaired) electrons. The molecule has 0 aromatic heterocycles. The number of hydrogen-bond acceptors (Lipinski definition) is 2. The van der Waals surface area contributed by atoms with Crippen molar-refractivity contribution in [2.45, 2.75) is 45.4 Å². The van der Waals surface area contributed by atoms with E-state index in [1.54, 1.807) is 18.2 Å². The molecule has 0 spiro atoms. The highest BCUT2D eigenvalue weighted by atomic mass is 16.2. The topological polar surface area (TPSA) is 49.4 Å². The first-order chi connectivity index (χ1) is 11.6. The third-order valence-corrected chi connectivity index (χ3v) is 4.87. The van der Waals surface area contributed by atoms with E-state index in [-0.39, 0.29) is 11.8 Å². The van der Waals surface area contributed by atoms with E-state index in [4.69, 9.17) is 0 Å². The van der Waals surface area contributed by atoms with Crippen molar-refractivity contribution < 1.29 is 9.59 Å². The first kappa shape index (κ1) is 16.7. The number of nitrogens with one attached hydrogen (secondary N) is 1. The zero-order valence-corrected chi connectivity index (χ0v) is 14.4. The molecule has 1 saturated carbocycles. The highest BCUT2D eigenvalue weighted by Gasteiger charge is 2.23. The molecule has 24 heavy (non-hydrogen) atoms. The van der Waals surface area contributed by atoms with E-state index >= 15 is 0 Å². The molecule has 3 rings (SSSR count). The highest BCUT2D eigenvalue weighted by Crippen LogP contribution is 2.35. The monoisotopic (exact) mass is 326 g/mol. The molecule has 1 saturated heterocycles. The molecule has 2 aliphatic rings. The van der Waals surface area contributed by atoms with Crippen LogP contribution in [0.4, 0.5) is 5.69 Å². The molecule has 1 aliphatic heterocycles. The molecule has 1 heterocycles. The van der Waals surface area contributed by atoms with E-state index < -0.39 is 0 Å². The second-order valence-corrected chi connectivity index (χ2v) is 6.94. The quantitative estimate of drug-likeness (QED) is 0.850. The summed E-state index contributed by atoms with van der Waals surface area (Å²) in [5.41, 5.74) is 2.58. The molecule has 1 aromatic rings. The van der Waals surface area contributed by atoms with Gasteiger partial charge in [0, 0.05) is 30.4 Å². The van der Waals surface area contributed by atoms with Crippen molar-refractivity contribution in [1.82, 2.24) is 4.90 Å². The van der Waals surface area contributed by atoms with Gasteiger partial charge in [0.25, 0.3) is 5.91 Å². The lowest BCUT2D eigenvalue weighted by atomic mass is 10.1. The molecule has 0 unspecified atom stereocenters. The molecule has 0 bridgehead atoms. The van der Waals surface area contributed by atoms with Crippen LogP contribution in [-0.2, 0) is 4.79 Å². The van der Waals surface area contributed by atoms with Gasteiger partial charge in [0.05, 0.1) is 0 Å². The van der Waals surface area contributed by atoms with Gasteiger partial charge in [0.1, 0.15) is 0 Å². The predicted molar refractivity (Wildman–Crippen MR) is 95.9 cm³/mol. The average Bonchev–Trinajstić information content (AvgIpc) is 3.41. The molecule has 2 fully saturated rings. The third-order valence-electron chi connectivity index (χ3n) is 4.87. The molecule has 2 amide bonds. The van der Waals surface area contributed by atoms with Gasteiger partial charge < -0.3 is 10.2 Å². The van der Waals surface area contributed by atoms with Crippen molar-refractivity contribution in [3.63, 3.8) is 0 Å². The first-order valence-corrected chi connectivity index (χ1v) is 9.02. The van der Waals surface area contributed by atoms with E-state index in [0.717, 1.165) is 37.2 Å². The molecule has 1 aromatic carbocycles. The van der Waals surface area contributed by atoms with Gasteiger partial charge >= 0.3 is 0 Å². The summed E-state index contributed by atoms with van der Waals surface area (Å²) >= 11 is 0. The lowest BCUT2D eigenvalue weighted by Gasteiger charge is -2.20. The van der Waals surface area contributed by atoms with Gasteiger partial charge in [-0.05, 0) is 62.8 Å². The van der Waals surface area contributed by atoms with Gasteiger partial charge in [-0.2, -0.15) is 0 Å². The van der Waals surface area contributed by atoms with Crippen LogP contribution in [-0.4, -0.2) is 29.8 Å². The van der Waals surface area contributed by atoms with Crippen LogP contribution >= 0.6 is 0 Å². The summed E-state index contributed by atoms with van der Waals surface area (Å²) in [4.78, 5) is 26.5. The molecular formula is C20H26N2O2. The summed E-state index contributed by atoms with van der Waals surface area (Å²) in [6, 6.07) is 7.23. The highest BCUT2D eigenvalue weighted by molar-refractivity contribution is 6.00. The number of carbonyl (C=O) groups excluding carboxylic acids is 2. The Kier molecular flexibility index (Phi) is 5.34. The fourth-order valence-electron chi connectivity index (χ4n) is 3.19. The van der Waals surface area contributed by atoms with Gasteiger partial charge in [0.15, 0.2) is 0 Å². The summed E-state index contributed by atoms with van der Waals surface area (Å²) in [5, 5.41) is 2.87. The number of benzene rings is 1. The van der Waals surface area contributed by atoms with Crippen LogP contribution in [0.15, 0.2) is 35.9 Å². The maximum Gasteiger partial charge on any atom is 0.253 e. The van der Waals surface area contributed by atoms with Crippen LogP contribution in [0.2, 0.25) is 0 Å². The van der Waals surface area contributed by atoms with Crippen molar-refractivity contribution in [3.05, 3.63) is 41.5 Å². The predicted octanol–water partition coefficient (Wildman–Crippen LogP) is 4.00. The Morgan fingerprint density at radius 1 is 1.04 bits per heavy atom. The van der Waals surface area contributed by atoms with Crippen molar-refractivity contribution in [1.29, 1.82) is 0 Å². The molecule has 1 N–H and O–H groups in total. The number of amides is 2. The fraction of sp³-hybridized carbons (Fsp3) is 0.500. The molecule has 0 atom stereocenters. The van der Waals surface area contributed by atoms with Crippen molar-refractivity contribution in [2.75, 3.05) is 18.4 Å². The second kappa shape index (κ2) is 7.65. The summed E-state index contributed by atoms with van der Waals surface area (Å²) in [7, 11) is 0. The maximum absolute atomic E-state index is 12.5. The summed E-state index contributed by atoms with van der Waals surface area (Å²) in [6.07, 6.45) is 8.68. The van der Waals surface area contributed by atoms with Crippen LogP contribution in [0.25, 0.3) is 0 Å². The summed E-state index contributed by atoms with van der Waals surface area (Å²) in [6.45, 7) is 3.71. The fourth-order valence-corrected chi connectivity index (χ4v) is 3.19. The minimum Gasteiger partial charge on any atom is -0.339 e. The summed E-state index contributed by atoms with van der Waals surface area (Å²) < 4.78 is 0. The molecule has 1 aliphatic carbocycles. The lowest BCUT2D eigenvalue weighted by molar-refractivity contribution is -0.112. The van der Waals surface area contributed by atoms with Crippen molar-refractivity contribution in [3.8, 4) is 0 Å². The molecule has 4 heteroatoms. The van der Waals surface area contributed by atoms with Crippen LogP contribution in [0.1, 0.15) is 55.8 Å². The van der Waals surface area contributed by atoms with Crippen molar-refractivity contribution >= 4 is 17.5 Å². The number of allylic oxidation sites excluding steroid dienone is 1. The first-order valence-electron chi connectivity index (χ1n) is 9.02. The Bertz CT molecular complexity index is 622. The molecule has 4 nitrogen and oxygen atoms in total. The van der Waals surface area contributed by atoms with Crippen LogP contribution in [0.3, 0.4) is 0 Å². The van der Waals surface area contributed by atoms with Gasteiger partial charge in [-0.25, -0.2) is 0 Å². The SMILES string of the molecule is C/C(=C\C(=O)Nc1ccc(C(=O)N2CCCCCC2)cc1)C1CC1. The number of likely N-dealkylation sites (tertiary alicyclic amines) is 1. The van der Waals surface area contributed by atoms with Gasteiger partial charge in [-0.15, -0.1) is 0 Å². The number of anilines is 1. The standard InChI is InChI=1S/C20H26N2O2/c1-15(16-6-7-16)14-19(23)21-18-10-8-17(9-11-18)20(24)22-12-4-2-3-5-13-22/h8-11,14,16H,2-7,12-13H2,1H3,(H,21,23)/b15-14+. The Hall–Kier alpha value is -2.10. The largest absolute Gasteiger partial charge is 0.339 e.